The van der Waals surface area contributed by atoms with Crippen molar-refractivity contribution in [1.29, 1.82) is 0 Å². The second-order valence-corrected chi connectivity index (χ2v) is 6.04. The zero-order valence-electron chi connectivity index (χ0n) is 11.0. The Morgan fingerprint density at radius 2 is 2.15 bits per heavy atom. The van der Waals surface area contributed by atoms with Crippen molar-refractivity contribution in [2.45, 2.75) is 31.7 Å². The van der Waals surface area contributed by atoms with Crippen LogP contribution < -0.4 is 5.32 Å². The summed E-state index contributed by atoms with van der Waals surface area (Å²) in [6, 6.07) is 8.15. The van der Waals surface area contributed by atoms with Gasteiger partial charge in [-0.1, -0.05) is 40.9 Å². The van der Waals surface area contributed by atoms with E-state index in [1.807, 2.05) is 24.3 Å². The van der Waals surface area contributed by atoms with E-state index >= 15 is 0 Å². The van der Waals surface area contributed by atoms with E-state index in [1.54, 1.807) is 6.20 Å². The molecular weight excluding hydrogens is 318 g/mol. The van der Waals surface area contributed by atoms with Crippen LogP contribution in [-0.4, -0.2) is 22.1 Å². The number of benzene rings is 1. The lowest BCUT2D eigenvalue weighted by atomic mass is 10.1. The minimum absolute atomic E-state index is 0.0411. The van der Waals surface area contributed by atoms with Crippen LogP contribution in [0.4, 0.5) is 0 Å². The summed E-state index contributed by atoms with van der Waals surface area (Å²) in [6.45, 7) is 0. The molecule has 0 atom stereocenters. The molecule has 104 valence electrons. The number of carbonyl (C=O) groups excluding carboxylic acids is 1. The Labute approximate surface area is 126 Å². The Kier molecular flexibility index (Phi) is 3.87. The van der Waals surface area contributed by atoms with Crippen molar-refractivity contribution < 1.29 is 4.79 Å². The summed E-state index contributed by atoms with van der Waals surface area (Å²) in [5.74, 6) is -0.0411. The van der Waals surface area contributed by atoms with E-state index in [0.29, 0.717) is 11.6 Å². The van der Waals surface area contributed by atoms with Gasteiger partial charge in [0, 0.05) is 16.1 Å². The molecule has 1 fully saturated rings. The first-order chi connectivity index (χ1) is 9.74. The summed E-state index contributed by atoms with van der Waals surface area (Å²) < 4.78 is 0.978. The molecule has 1 amide bonds. The number of halogens is 1. The van der Waals surface area contributed by atoms with Gasteiger partial charge in [-0.05, 0) is 25.0 Å². The van der Waals surface area contributed by atoms with Gasteiger partial charge in [0.05, 0.1) is 17.5 Å². The number of nitrogens with one attached hydrogen (secondary N) is 2. The summed E-state index contributed by atoms with van der Waals surface area (Å²) in [5.41, 5.74) is 2.32. The quantitative estimate of drug-likeness (QED) is 0.902. The maximum absolute atomic E-state index is 12.4. The maximum atomic E-state index is 12.4. The molecule has 3 rings (SSSR count). The van der Waals surface area contributed by atoms with Gasteiger partial charge >= 0.3 is 0 Å². The second kappa shape index (κ2) is 5.79. The molecule has 1 aromatic carbocycles. The van der Waals surface area contributed by atoms with Crippen LogP contribution in [0.1, 0.15) is 36.0 Å². The van der Waals surface area contributed by atoms with Gasteiger partial charge in [0.15, 0.2) is 0 Å². The number of aromatic nitrogens is 2. The van der Waals surface area contributed by atoms with Gasteiger partial charge < -0.3 is 5.32 Å². The van der Waals surface area contributed by atoms with Crippen LogP contribution in [0.25, 0.3) is 11.3 Å². The number of aromatic amines is 1. The molecule has 0 unspecified atom stereocenters. The number of hydrogen-bond donors (Lipinski definition) is 2. The van der Waals surface area contributed by atoms with Crippen LogP contribution in [0.15, 0.2) is 34.9 Å². The van der Waals surface area contributed by atoms with E-state index < -0.39 is 0 Å². The number of H-pyrrole nitrogens is 1. The van der Waals surface area contributed by atoms with E-state index in [-0.39, 0.29) is 5.91 Å². The monoisotopic (exact) mass is 333 g/mol. The fourth-order valence-corrected chi connectivity index (χ4v) is 3.05. The first-order valence-corrected chi connectivity index (χ1v) is 7.63. The van der Waals surface area contributed by atoms with E-state index in [4.69, 9.17) is 0 Å². The number of hydrogen-bond acceptors (Lipinski definition) is 2. The predicted molar refractivity (Wildman–Crippen MR) is 81.4 cm³/mol. The number of rotatable bonds is 3. The molecule has 0 saturated heterocycles. The highest BCUT2D eigenvalue weighted by Gasteiger charge is 2.21. The van der Waals surface area contributed by atoms with E-state index in [0.717, 1.165) is 28.6 Å². The van der Waals surface area contributed by atoms with Gasteiger partial charge in [0.2, 0.25) is 0 Å². The molecule has 1 aliphatic carbocycles. The molecule has 0 radical (unpaired) electrons. The minimum Gasteiger partial charge on any atom is -0.349 e. The molecule has 0 aliphatic heterocycles. The molecule has 1 saturated carbocycles. The van der Waals surface area contributed by atoms with Crippen LogP contribution in [0.2, 0.25) is 0 Å². The van der Waals surface area contributed by atoms with Gasteiger partial charge in [-0.25, -0.2) is 0 Å². The average Bonchev–Trinajstić information content (AvgIpc) is 3.09. The fourth-order valence-electron chi connectivity index (χ4n) is 2.66. The number of amides is 1. The molecule has 2 N–H and O–H groups in total. The lowest BCUT2D eigenvalue weighted by Gasteiger charge is -2.11. The third-order valence-electron chi connectivity index (χ3n) is 3.69. The van der Waals surface area contributed by atoms with E-state index in [1.165, 1.54) is 12.8 Å². The summed E-state index contributed by atoms with van der Waals surface area (Å²) in [5, 5.41) is 10.0. The van der Waals surface area contributed by atoms with Gasteiger partial charge in [-0.15, -0.1) is 0 Å². The maximum Gasteiger partial charge on any atom is 0.255 e. The Morgan fingerprint density at radius 1 is 1.35 bits per heavy atom. The first-order valence-electron chi connectivity index (χ1n) is 6.84. The van der Waals surface area contributed by atoms with Gasteiger partial charge in [-0.2, -0.15) is 5.10 Å². The highest BCUT2D eigenvalue weighted by Crippen LogP contribution is 2.25. The Morgan fingerprint density at radius 3 is 2.90 bits per heavy atom. The highest BCUT2D eigenvalue weighted by molar-refractivity contribution is 9.10. The topological polar surface area (TPSA) is 57.8 Å². The third-order valence-corrected chi connectivity index (χ3v) is 4.18. The van der Waals surface area contributed by atoms with Gasteiger partial charge in [0.25, 0.3) is 5.91 Å². The molecular formula is C15H16BrN3O. The van der Waals surface area contributed by atoms with Crippen molar-refractivity contribution in [3.63, 3.8) is 0 Å². The smallest absolute Gasteiger partial charge is 0.255 e. The van der Waals surface area contributed by atoms with Crippen molar-refractivity contribution in [3.05, 3.63) is 40.5 Å². The van der Waals surface area contributed by atoms with Gasteiger partial charge in [0.1, 0.15) is 0 Å². The normalized spacial score (nSPS) is 15.4. The number of nitrogens with zero attached hydrogens (tertiary/aromatic N) is 1. The zero-order valence-corrected chi connectivity index (χ0v) is 12.6. The minimum atomic E-state index is -0.0411. The SMILES string of the molecule is O=C(NC1CCCC1)c1cn[nH]c1-c1cccc(Br)c1. The third kappa shape index (κ3) is 2.77. The summed E-state index contributed by atoms with van der Waals surface area (Å²) >= 11 is 3.45. The van der Waals surface area contributed by atoms with Crippen molar-refractivity contribution >= 4 is 21.8 Å². The van der Waals surface area contributed by atoms with E-state index in [2.05, 4.69) is 31.4 Å². The second-order valence-electron chi connectivity index (χ2n) is 5.12. The van der Waals surface area contributed by atoms with Crippen LogP contribution in [-0.2, 0) is 0 Å². The fraction of sp³-hybridized carbons (Fsp3) is 0.333. The average molecular weight is 334 g/mol. The molecule has 1 aliphatic rings. The Hall–Kier alpha value is -1.62. The molecule has 5 heteroatoms. The summed E-state index contributed by atoms with van der Waals surface area (Å²) in [7, 11) is 0. The Bertz CT molecular complexity index is 617. The molecule has 1 aromatic heterocycles. The Balaban J connectivity index is 1.84. The standard InChI is InChI=1S/C15H16BrN3O/c16-11-5-3-4-10(8-11)14-13(9-17-19-14)15(20)18-12-6-1-2-7-12/h3-5,8-9,12H,1-2,6-7H2,(H,17,19)(H,18,20). The lowest BCUT2D eigenvalue weighted by Crippen LogP contribution is -2.32. The molecule has 2 aromatic rings. The van der Waals surface area contributed by atoms with Crippen molar-refractivity contribution in [2.75, 3.05) is 0 Å². The lowest BCUT2D eigenvalue weighted by molar-refractivity contribution is 0.0938. The van der Waals surface area contributed by atoms with Crippen molar-refractivity contribution in [3.8, 4) is 11.3 Å². The van der Waals surface area contributed by atoms with Crippen LogP contribution in [0.5, 0.6) is 0 Å². The number of carbonyl (C=O) groups is 1. The van der Waals surface area contributed by atoms with Crippen molar-refractivity contribution in [2.24, 2.45) is 0 Å². The van der Waals surface area contributed by atoms with Crippen molar-refractivity contribution in [1.82, 2.24) is 15.5 Å². The van der Waals surface area contributed by atoms with E-state index in [9.17, 15) is 4.79 Å². The predicted octanol–water partition coefficient (Wildman–Crippen LogP) is 3.51. The molecule has 20 heavy (non-hydrogen) atoms. The summed E-state index contributed by atoms with van der Waals surface area (Å²) in [4.78, 5) is 12.4. The van der Waals surface area contributed by atoms with Crippen LogP contribution in [0.3, 0.4) is 0 Å². The highest BCUT2D eigenvalue weighted by atomic mass is 79.9. The van der Waals surface area contributed by atoms with Crippen LogP contribution in [0, 0.1) is 0 Å². The zero-order chi connectivity index (χ0) is 13.9. The largest absolute Gasteiger partial charge is 0.349 e. The van der Waals surface area contributed by atoms with Crippen LogP contribution >= 0.6 is 15.9 Å². The summed E-state index contributed by atoms with van der Waals surface area (Å²) in [6.07, 6.45) is 6.16. The molecule has 0 spiro atoms. The first kappa shape index (κ1) is 13.4. The molecule has 0 bridgehead atoms. The molecule has 1 heterocycles. The molecule has 4 nitrogen and oxygen atoms in total. The van der Waals surface area contributed by atoms with Gasteiger partial charge in [-0.3, -0.25) is 9.89 Å².